The van der Waals surface area contributed by atoms with Crippen molar-refractivity contribution in [1.29, 1.82) is 0 Å². The number of nitrogens with zero attached hydrogens (tertiary/aromatic N) is 3. The maximum absolute atomic E-state index is 12.5. The van der Waals surface area contributed by atoms with Crippen LogP contribution >= 0.6 is 11.3 Å². The minimum Gasteiger partial charge on any atom is -0.497 e. The second-order valence-electron chi connectivity index (χ2n) is 8.40. The lowest BCUT2D eigenvalue weighted by molar-refractivity contribution is -0.131. The van der Waals surface area contributed by atoms with Gasteiger partial charge in [0, 0.05) is 19.6 Å². The average molecular weight is 480 g/mol. The van der Waals surface area contributed by atoms with Crippen LogP contribution in [0.4, 0.5) is 0 Å². The summed E-state index contributed by atoms with van der Waals surface area (Å²) in [6.45, 7) is 9.34. The molecule has 10 heteroatoms. The summed E-state index contributed by atoms with van der Waals surface area (Å²) in [6.07, 6.45) is 2.69. The molecule has 1 fully saturated rings. The number of hydrogen-bond donors (Lipinski definition) is 0. The second-order valence-corrected chi connectivity index (χ2v) is 11.5. The molecule has 0 bridgehead atoms. The topological polar surface area (TPSA) is 98.0 Å². The van der Waals surface area contributed by atoms with Gasteiger partial charge in [-0.25, -0.2) is 8.42 Å². The fraction of sp³-hybridized carbons (Fsp3) is 0.500. The minimum absolute atomic E-state index is 0.328. The van der Waals surface area contributed by atoms with E-state index in [1.807, 2.05) is 26.0 Å². The van der Waals surface area contributed by atoms with E-state index >= 15 is 0 Å². The summed E-state index contributed by atoms with van der Waals surface area (Å²) in [5, 5.41) is 0. The zero-order chi connectivity index (χ0) is 23.5. The number of thiazole rings is 1. The van der Waals surface area contributed by atoms with E-state index in [9.17, 15) is 18.0 Å². The van der Waals surface area contributed by atoms with E-state index in [-0.39, 0.29) is 0 Å². The molecule has 1 aliphatic heterocycles. The van der Waals surface area contributed by atoms with Gasteiger partial charge in [-0.3, -0.25) is 9.59 Å². The monoisotopic (exact) mass is 479 g/mol. The first kappa shape index (κ1) is 24.2. The predicted octanol–water partition coefficient (Wildman–Crippen LogP) is 2.24. The van der Waals surface area contributed by atoms with Crippen molar-refractivity contribution < 1.29 is 22.7 Å². The molecule has 2 amide bonds. The summed E-state index contributed by atoms with van der Waals surface area (Å²) in [7, 11) is -2.36. The van der Waals surface area contributed by atoms with E-state index < -0.39 is 33.2 Å². The maximum Gasteiger partial charge on any atom is 0.263 e. The first-order chi connectivity index (χ1) is 15.1. The molecule has 1 aromatic heterocycles. The molecule has 2 atom stereocenters. The molecule has 8 nitrogen and oxygen atoms in total. The highest BCUT2D eigenvalue weighted by Crippen LogP contribution is 2.23. The summed E-state index contributed by atoms with van der Waals surface area (Å²) in [5.41, 5.74) is 0.841. The quantitative estimate of drug-likeness (QED) is 0.568. The van der Waals surface area contributed by atoms with Crippen LogP contribution in [-0.2, 0) is 26.0 Å². The van der Waals surface area contributed by atoms with Gasteiger partial charge in [0.15, 0.2) is 14.6 Å². The molecule has 2 heterocycles. The molecule has 0 spiro atoms. The van der Waals surface area contributed by atoms with Crippen molar-refractivity contribution in [2.45, 2.75) is 26.8 Å². The number of likely N-dealkylation sites (tertiary alicyclic amines) is 1. The first-order valence-corrected chi connectivity index (χ1v) is 13.1. The highest BCUT2D eigenvalue weighted by atomic mass is 32.2. The van der Waals surface area contributed by atoms with Crippen molar-refractivity contribution in [3.63, 3.8) is 0 Å². The van der Waals surface area contributed by atoms with Gasteiger partial charge in [-0.2, -0.15) is 4.99 Å². The van der Waals surface area contributed by atoms with Crippen LogP contribution in [0.5, 0.6) is 5.75 Å². The standard InChI is InChI=1S/C22H29N3O5S2/c1-5-8-25-18-7-6-17(30-4)10-19(18)31-22(25)23-20(26)13-32(28,29)14-21(27)24-11-15(2)9-16(3)12-24/h5-7,10,15-16H,1,8-9,11-14H2,2-4H3. The van der Waals surface area contributed by atoms with Gasteiger partial charge in [-0.15, -0.1) is 6.58 Å². The van der Waals surface area contributed by atoms with Gasteiger partial charge in [-0.1, -0.05) is 31.3 Å². The first-order valence-electron chi connectivity index (χ1n) is 10.5. The van der Waals surface area contributed by atoms with E-state index in [1.165, 1.54) is 11.3 Å². The van der Waals surface area contributed by atoms with Crippen LogP contribution in [0.1, 0.15) is 20.3 Å². The van der Waals surface area contributed by atoms with Crippen molar-refractivity contribution in [1.82, 2.24) is 9.47 Å². The minimum atomic E-state index is -3.93. The number of methoxy groups -OCH3 is 1. The third-order valence-electron chi connectivity index (χ3n) is 5.33. The number of carbonyl (C=O) groups excluding carboxylic acids is 2. The van der Waals surface area contributed by atoms with Crippen LogP contribution in [0, 0.1) is 11.8 Å². The van der Waals surface area contributed by atoms with Gasteiger partial charge in [0.1, 0.15) is 17.3 Å². The highest BCUT2D eigenvalue weighted by molar-refractivity contribution is 7.92. The Kier molecular flexibility index (Phi) is 7.55. The van der Waals surface area contributed by atoms with Crippen LogP contribution in [-0.4, -0.2) is 61.4 Å². The van der Waals surface area contributed by atoms with Crippen molar-refractivity contribution in [3.8, 4) is 5.75 Å². The Morgan fingerprint density at radius 3 is 2.56 bits per heavy atom. The molecule has 3 rings (SSSR count). The van der Waals surface area contributed by atoms with E-state index in [1.54, 1.807) is 28.7 Å². The normalized spacial score (nSPS) is 19.8. The Labute approximate surface area is 192 Å². The number of ether oxygens (including phenoxy) is 1. The lowest BCUT2D eigenvalue weighted by Crippen LogP contribution is -2.45. The number of allylic oxidation sites excluding steroid dienone is 1. The smallest absolute Gasteiger partial charge is 0.263 e. The van der Waals surface area contributed by atoms with E-state index in [2.05, 4.69) is 11.6 Å². The van der Waals surface area contributed by atoms with Crippen LogP contribution < -0.4 is 9.54 Å². The third-order valence-corrected chi connectivity index (χ3v) is 7.74. The Morgan fingerprint density at radius 2 is 1.94 bits per heavy atom. The van der Waals surface area contributed by atoms with E-state index in [4.69, 9.17) is 4.74 Å². The molecule has 2 aromatic rings. The number of hydrogen-bond acceptors (Lipinski definition) is 6. The lowest BCUT2D eigenvalue weighted by Gasteiger charge is -2.34. The van der Waals surface area contributed by atoms with Gasteiger partial charge < -0.3 is 14.2 Å². The molecule has 32 heavy (non-hydrogen) atoms. The van der Waals surface area contributed by atoms with E-state index in [0.717, 1.165) is 16.6 Å². The SMILES string of the molecule is C=CCn1c(=NC(=O)CS(=O)(=O)CC(=O)N2CC(C)CC(C)C2)sc2cc(OC)ccc21. The molecule has 1 saturated heterocycles. The number of rotatable bonds is 7. The number of benzene rings is 1. The van der Waals surface area contributed by atoms with Gasteiger partial charge in [0.2, 0.25) is 5.91 Å². The maximum atomic E-state index is 12.5. The van der Waals surface area contributed by atoms with Gasteiger partial charge >= 0.3 is 0 Å². The molecule has 1 aromatic carbocycles. The highest BCUT2D eigenvalue weighted by Gasteiger charge is 2.29. The van der Waals surface area contributed by atoms with Crippen LogP contribution in [0.3, 0.4) is 0 Å². The molecule has 1 aliphatic rings. The van der Waals surface area contributed by atoms with Gasteiger partial charge in [0.25, 0.3) is 5.91 Å². The van der Waals surface area contributed by atoms with Gasteiger partial charge in [0.05, 0.1) is 17.3 Å². The Bertz CT molecular complexity index is 1190. The number of piperidine rings is 1. The zero-order valence-corrected chi connectivity index (χ0v) is 20.2. The summed E-state index contributed by atoms with van der Waals surface area (Å²) in [6, 6.07) is 5.49. The average Bonchev–Trinajstić information content (AvgIpc) is 3.02. The molecule has 174 valence electrons. The predicted molar refractivity (Wildman–Crippen MR) is 125 cm³/mol. The van der Waals surface area contributed by atoms with Crippen molar-refractivity contribution in [3.05, 3.63) is 35.7 Å². The van der Waals surface area contributed by atoms with Crippen LogP contribution in [0.25, 0.3) is 10.2 Å². The molecule has 0 saturated carbocycles. The molecular formula is C22H29N3O5S2. The Balaban J connectivity index is 1.78. The molecular weight excluding hydrogens is 450 g/mol. The number of aromatic nitrogens is 1. The summed E-state index contributed by atoms with van der Waals surface area (Å²) >= 11 is 1.26. The number of amides is 2. The summed E-state index contributed by atoms with van der Waals surface area (Å²) in [4.78, 5) is 31.1. The fourth-order valence-electron chi connectivity index (χ4n) is 4.10. The van der Waals surface area contributed by atoms with E-state index in [0.29, 0.717) is 42.0 Å². The van der Waals surface area contributed by atoms with Crippen molar-refractivity contribution >= 4 is 43.2 Å². The summed E-state index contributed by atoms with van der Waals surface area (Å²) < 4.78 is 33.0. The molecule has 0 N–H and O–H groups in total. The molecule has 0 radical (unpaired) electrons. The van der Waals surface area contributed by atoms with Crippen molar-refractivity contribution in [2.75, 3.05) is 31.7 Å². The second kappa shape index (κ2) is 9.99. The number of carbonyl (C=O) groups is 2. The largest absolute Gasteiger partial charge is 0.497 e. The number of fused-ring (bicyclic) bond motifs is 1. The van der Waals surface area contributed by atoms with Crippen molar-refractivity contribution in [2.24, 2.45) is 16.8 Å². The van der Waals surface area contributed by atoms with Crippen LogP contribution in [0.15, 0.2) is 35.8 Å². The fourth-order valence-corrected chi connectivity index (χ4v) is 6.28. The van der Waals surface area contributed by atoms with Crippen LogP contribution in [0.2, 0.25) is 0 Å². The van der Waals surface area contributed by atoms with Gasteiger partial charge in [-0.05, 0) is 36.5 Å². The molecule has 2 unspecified atom stereocenters. The Morgan fingerprint density at radius 1 is 1.25 bits per heavy atom. The number of sulfone groups is 1. The Hall–Kier alpha value is -2.46. The molecule has 0 aliphatic carbocycles. The third kappa shape index (κ3) is 5.86. The lowest BCUT2D eigenvalue weighted by atomic mass is 9.92. The summed E-state index contributed by atoms with van der Waals surface area (Å²) in [5.74, 6) is -1.40. The zero-order valence-electron chi connectivity index (χ0n) is 18.6.